The average Bonchev–Trinajstić information content (AvgIpc) is 2.71. The largest absolute Gasteiger partial charge is 0.347 e. The van der Waals surface area contributed by atoms with E-state index in [1.165, 1.54) is 0 Å². The van der Waals surface area contributed by atoms with Crippen LogP contribution in [-0.2, 0) is 6.54 Å². The Morgan fingerprint density at radius 1 is 1.31 bits per heavy atom. The number of aromatic amines is 1. The van der Waals surface area contributed by atoms with Gasteiger partial charge in [-0.25, -0.2) is 4.98 Å². The van der Waals surface area contributed by atoms with E-state index >= 15 is 0 Å². The SMILES string of the molecule is CNCc1[nH]cnc1-c1ccc(Cl)c(Cl)c1. The van der Waals surface area contributed by atoms with Gasteiger partial charge in [0.1, 0.15) is 0 Å². The van der Waals surface area contributed by atoms with E-state index in [4.69, 9.17) is 23.2 Å². The summed E-state index contributed by atoms with van der Waals surface area (Å²) in [5, 5.41) is 4.17. The molecule has 0 aliphatic heterocycles. The Morgan fingerprint density at radius 2 is 2.12 bits per heavy atom. The molecule has 5 heteroatoms. The molecule has 0 radical (unpaired) electrons. The third-order valence-corrected chi connectivity index (χ3v) is 3.00. The van der Waals surface area contributed by atoms with E-state index in [2.05, 4.69) is 15.3 Å². The molecule has 2 rings (SSSR count). The van der Waals surface area contributed by atoms with Crippen molar-refractivity contribution < 1.29 is 0 Å². The summed E-state index contributed by atoms with van der Waals surface area (Å²) in [5.41, 5.74) is 2.88. The van der Waals surface area contributed by atoms with Crippen LogP contribution in [0.1, 0.15) is 5.69 Å². The molecule has 2 aromatic rings. The van der Waals surface area contributed by atoms with Crippen LogP contribution in [0.4, 0.5) is 0 Å². The van der Waals surface area contributed by atoms with Crippen LogP contribution in [0.5, 0.6) is 0 Å². The van der Waals surface area contributed by atoms with Crippen LogP contribution < -0.4 is 5.32 Å². The van der Waals surface area contributed by atoms with Gasteiger partial charge < -0.3 is 10.3 Å². The second kappa shape index (κ2) is 4.87. The summed E-state index contributed by atoms with van der Waals surface area (Å²) in [6, 6.07) is 5.50. The van der Waals surface area contributed by atoms with Crippen LogP contribution >= 0.6 is 23.2 Å². The maximum atomic E-state index is 5.97. The Morgan fingerprint density at radius 3 is 2.81 bits per heavy atom. The highest BCUT2D eigenvalue weighted by atomic mass is 35.5. The minimum atomic E-state index is 0.539. The summed E-state index contributed by atoms with van der Waals surface area (Å²) in [5.74, 6) is 0. The zero-order chi connectivity index (χ0) is 11.5. The van der Waals surface area contributed by atoms with Crippen LogP contribution in [0, 0.1) is 0 Å². The number of benzene rings is 1. The summed E-state index contributed by atoms with van der Waals surface area (Å²) >= 11 is 11.8. The first-order valence-corrected chi connectivity index (χ1v) is 5.60. The van der Waals surface area contributed by atoms with Crippen molar-refractivity contribution >= 4 is 23.2 Å². The molecule has 0 aliphatic rings. The van der Waals surface area contributed by atoms with Crippen LogP contribution in [0.2, 0.25) is 10.0 Å². The first kappa shape index (κ1) is 11.5. The molecule has 2 N–H and O–H groups in total. The van der Waals surface area contributed by atoms with Crippen LogP contribution in [0.15, 0.2) is 24.5 Å². The molecule has 1 heterocycles. The number of H-pyrrole nitrogens is 1. The molecule has 0 fully saturated rings. The van der Waals surface area contributed by atoms with E-state index in [9.17, 15) is 0 Å². The van der Waals surface area contributed by atoms with Crippen molar-refractivity contribution in [3.8, 4) is 11.3 Å². The lowest BCUT2D eigenvalue weighted by molar-refractivity contribution is 0.798. The van der Waals surface area contributed by atoms with Crippen molar-refractivity contribution in [2.45, 2.75) is 6.54 Å². The maximum Gasteiger partial charge on any atom is 0.0929 e. The number of nitrogens with one attached hydrogen (secondary N) is 2. The van der Waals surface area contributed by atoms with E-state index in [0.29, 0.717) is 10.0 Å². The summed E-state index contributed by atoms with van der Waals surface area (Å²) in [6.07, 6.45) is 1.67. The molecule has 0 spiro atoms. The van der Waals surface area contributed by atoms with Gasteiger partial charge in [0.2, 0.25) is 0 Å². The number of aromatic nitrogens is 2. The number of rotatable bonds is 3. The first-order chi connectivity index (χ1) is 7.72. The number of hydrogen-bond acceptors (Lipinski definition) is 2. The Balaban J connectivity index is 2.42. The van der Waals surface area contributed by atoms with E-state index in [1.807, 2.05) is 19.2 Å². The zero-order valence-electron chi connectivity index (χ0n) is 8.72. The van der Waals surface area contributed by atoms with Crippen molar-refractivity contribution in [2.75, 3.05) is 7.05 Å². The third kappa shape index (κ3) is 2.21. The molecule has 0 bridgehead atoms. The lowest BCUT2D eigenvalue weighted by atomic mass is 10.1. The average molecular weight is 256 g/mol. The molecule has 84 valence electrons. The van der Waals surface area contributed by atoms with Gasteiger partial charge in [0, 0.05) is 12.1 Å². The molecule has 0 aliphatic carbocycles. The van der Waals surface area contributed by atoms with Crippen molar-refractivity contribution in [3.05, 3.63) is 40.3 Å². The lowest BCUT2D eigenvalue weighted by Crippen LogP contribution is -2.06. The molecule has 0 saturated heterocycles. The summed E-state index contributed by atoms with van der Waals surface area (Å²) in [6.45, 7) is 0.732. The predicted molar refractivity (Wildman–Crippen MR) is 66.8 cm³/mol. The summed E-state index contributed by atoms with van der Waals surface area (Å²) in [7, 11) is 1.89. The second-order valence-corrected chi connectivity index (χ2v) is 4.20. The Labute approximate surface area is 104 Å². The van der Waals surface area contributed by atoms with Crippen molar-refractivity contribution in [1.82, 2.24) is 15.3 Å². The number of hydrogen-bond donors (Lipinski definition) is 2. The fraction of sp³-hybridized carbons (Fsp3) is 0.182. The highest BCUT2D eigenvalue weighted by molar-refractivity contribution is 6.42. The molecule has 16 heavy (non-hydrogen) atoms. The van der Waals surface area contributed by atoms with Gasteiger partial charge in [0.25, 0.3) is 0 Å². The Kier molecular flexibility index (Phi) is 3.49. The molecule has 1 aromatic carbocycles. The van der Waals surface area contributed by atoms with Crippen LogP contribution in [0.25, 0.3) is 11.3 Å². The predicted octanol–water partition coefficient (Wildman–Crippen LogP) is 3.10. The molecule has 0 atom stereocenters. The Hall–Kier alpha value is -1.03. The molecule has 0 saturated carbocycles. The van der Waals surface area contributed by atoms with Gasteiger partial charge >= 0.3 is 0 Å². The Bertz CT molecular complexity index is 494. The van der Waals surface area contributed by atoms with E-state index in [-0.39, 0.29) is 0 Å². The molecular formula is C11H11Cl2N3. The van der Waals surface area contributed by atoms with Gasteiger partial charge in [-0.3, -0.25) is 0 Å². The molecule has 1 aromatic heterocycles. The minimum Gasteiger partial charge on any atom is -0.347 e. The van der Waals surface area contributed by atoms with E-state index < -0.39 is 0 Å². The highest BCUT2D eigenvalue weighted by Crippen LogP contribution is 2.28. The molecule has 0 amide bonds. The van der Waals surface area contributed by atoms with Crippen LogP contribution in [0.3, 0.4) is 0 Å². The van der Waals surface area contributed by atoms with Crippen LogP contribution in [-0.4, -0.2) is 17.0 Å². The second-order valence-electron chi connectivity index (χ2n) is 3.39. The molecular weight excluding hydrogens is 245 g/mol. The van der Waals surface area contributed by atoms with Crippen molar-refractivity contribution in [3.63, 3.8) is 0 Å². The van der Waals surface area contributed by atoms with E-state index in [1.54, 1.807) is 12.4 Å². The number of nitrogens with zero attached hydrogens (tertiary/aromatic N) is 1. The molecule has 3 nitrogen and oxygen atoms in total. The quantitative estimate of drug-likeness (QED) is 0.885. The fourth-order valence-corrected chi connectivity index (χ4v) is 1.82. The fourth-order valence-electron chi connectivity index (χ4n) is 1.52. The van der Waals surface area contributed by atoms with Gasteiger partial charge in [-0.15, -0.1) is 0 Å². The first-order valence-electron chi connectivity index (χ1n) is 4.84. The van der Waals surface area contributed by atoms with Gasteiger partial charge in [-0.05, 0) is 19.2 Å². The summed E-state index contributed by atoms with van der Waals surface area (Å²) < 4.78 is 0. The van der Waals surface area contributed by atoms with Gasteiger partial charge in [0.05, 0.1) is 27.8 Å². The number of halogens is 2. The topological polar surface area (TPSA) is 40.7 Å². The van der Waals surface area contributed by atoms with Gasteiger partial charge in [-0.2, -0.15) is 0 Å². The normalized spacial score (nSPS) is 10.7. The minimum absolute atomic E-state index is 0.539. The standard InChI is InChI=1S/C11H11Cl2N3/c1-14-5-10-11(16-6-15-10)7-2-3-8(12)9(13)4-7/h2-4,6,14H,5H2,1H3,(H,15,16). The van der Waals surface area contributed by atoms with Gasteiger partial charge in [-0.1, -0.05) is 29.3 Å². The smallest absolute Gasteiger partial charge is 0.0929 e. The van der Waals surface area contributed by atoms with Crippen molar-refractivity contribution in [2.24, 2.45) is 0 Å². The molecule has 0 unspecified atom stereocenters. The summed E-state index contributed by atoms with van der Waals surface area (Å²) in [4.78, 5) is 7.37. The monoisotopic (exact) mass is 255 g/mol. The maximum absolute atomic E-state index is 5.97. The lowest BCUT2D eigenvalue weighted by Gasteiger charge is -2.03. The zero-order valence-corrected chi connectivity index (χ0v) is 10.2. The van der Waals surface area contributed by atoms with E-state index in [0.717, 1.165) is 23.5 Å². The number of imidazole rings is 1. The van der Waals surface area contributed by atoms with Gasteiger partial charge in [0.15, 0.2) is 0 Å². The van der Waals surface area contributed by atoms with Crippen molar-refractivity contribution in [1.29, 1.82) is 0 Å². The highest BCUT2D eigenvalue weighted by Gasteiger charge is 2.09. The third-order valence-electron chi connectivity index (χ3n) is 2.26.